The number of amides is 2. The van der Waals surface area contributed by atoms with Crippen molar-refractivity contribution in [2.24, 2.45) is 18.5 Å². The van der Waals surface area contributed by atoms with Crippen molar-refractivity contribution >= 4 is 11.8 Å². The lowest BCUT2D eigenvalue weighted by Gasteiger charge is -2.11. The number of nitrogens with two attached hydrogens (primary N) is 2. The summed E-state index contributed by atoms with van der Waals surface area (Å²) in [7, 11) is 1.92. The van der Waals surface area contributed by atoms with Crippen molar-refractivity contribution in [2.45, 2.75) is 25.9 Å². The van der Waals surface area contributed by atoms with Gasteiger partial charge in [-0.2, -0.15) is 0 Å². The summed E-state index contributed by atoms with van der Waals surface area (Å²) >= 11 is 0. The van der Waals surface area contributed by atoms with Crippen LogP contribution in [0.2, 0.25) is 0 Å². The first-order valence-corrected chi connectivity index (χ1v) is 5.34. The number of carbonyl (C=O) groups is 2. The van der Waals surface area contributed by atoms with E-state index in [1.54, 1.807) is 0 Å². The van der Waals surface area contributed by atoms with Gasteiger partial charge in [-0.3, -0.25) is 9.59 Å². The summed E-state index contributed by atoms with van der Waals surface area (Å²) in [5, 5.41) is 2.67. The first kappa shape index (κ1) is 13.2. The zero-order valence-corrected chi connectivity index (χ0v) is 10.1. The van der Waals surface area contributed by atoms with Crippen molar-refractivity contribution < 1.29 is 9.59 Å². The molecule has 6 heteroatoms. The van der Waals surface area contributed by atoms with Crippen LogP contribution < -0.4 is 16.8 Å². The average molecular weight is 238 g/mol. The Bertz CT molecular complexity index is 425. The molecule has 0 aliphatic rings. The predicted octanol–water partition coefficient (Wildman–Crippen LogP) is -0.848. The Hall–Kier alpha value is -1.82. The van der Waals surface area contributed by atoms with Crippen LogP contribution in [0, 0.1) is 6.92 Å². The number of aromatic nitrogens is 1. The molecule has 0 saturated heterocycles. The molecule has 1 aromatic rings. The van der Waals surface area contributed by atoms with Gasteiger partial charge in [-0.05, 0) is 19.1 Å². The van der Waals surface area contributed by atoms with Crippen LogP contribution in [0.4, 0.5) is 0 Å². The second-order valence-electron chi connectivity index (χ2n) is 4.02. The van der Waals surface area contributed by atoms with E-state index in [2.05, 4.69) is 5.32 Å². The molecule has 6 nitrogen and oxygen atoms in total. The topological polar surface area (TPSA) is 103 Å². The Labute approximate surface area is 100.0 Å². The van der Waals surface area contributed by atoms with Crippen LogP contribution in [-0.2, 0) is 23.2 Å². The van der Waals surface area contributed by atoms with Crippen LogP contribution in [-0.4, -0.2) is 22.4 Å². The fourth-order valence-corrected chi connectivity index (χ4v) is 1.46. The second-order valence-corrected chi connectivity index (χ2v) is 4.02. The molecule has 1 aromatic heterocycles. The summed E-state index contributed by atoms with van der Waals surface area (Å²) in [5.74, 6) is -0.954. The van der Waals surface area contributed by atoms with Crippen LogP contribution >= 0.6 is 0 Å². The zero-order chi connectivity index (χ0) is 13.0. The fourth-order valence-electron chi connectivity index (χ4n) is 1.46. The Balaban J connectivity index is 2.48. The molecule has 1 rings (SSSR count). The van der Waals surface area contributed by atoms with Crippen molar-refractivity contribution in [1.82, 2.24) is 9.88 Å². The number of carbonyl (C=O) groups excluding carboxylic acids is 2. The van der Waals surface area contributed by atoms with Gasteiger partial charge in [0.2, 0.25) is 11.8 Å². The van der Waals surface area contributed by atoms with Gasteiger partial charge in [0.05, 0.1) is 19.0 Å². The van der Waals surface area contributed by atoms with E-state index in [1.807, 2.05) is 30.7 Å². The van der Waals surface area contributed by atoms with Gasteiger partial charge in [0.25, 0.3) is 0 Å². The van der Waals surface area contributed by atoms with Gasteiger partial charge in [0.15, 0.2) is 0 Å². The molecule has 0 bridgehead atoms. The molecule has 0 fully saturated rings. The van der Waals surface area contributed by atoms with E-state index in [1.165, 1.54) is 0 Å². The summed E-state index contributed by atoms with van der Waals surface area (Å²) < 4.78 is 1.97. The first-order chi connectivity index (χ1) is 7.91. The molecule has 0 spiro atoms. The van der Waals surface area contributed by atoms with Crippen molar-refractivity contribution in [3.63, 3.8) is 0 Å². The molecule has 0 aliphatic carbocycles. The van der Waals surface area contributed by atoms with Crippen molar-refractivity contribution in [2.75, 3.05) is 0 Å². The SMILES string of the molecule is Cc1ccc(CNC(=O)C(N)CC(N)=O)n1C. The minimum atomic E-state index is -0.881. The normalized spacial score (nSPS) is 12.2. The third-order valence-electron chi connectivity index (χ3n) is 2.68. The molecule has 0 aliphatic heterocycles. The van der Waals surface area contributed by atoms with Crippen LogP contribution in [0.5, 0.6) is 0 Å². The number of nitrogens with zero attached hydrogens (tertiary/aromatic N) is 1. The van der Waals surface area contributed by atoms with Gasteiger partial charge in [0.1, 0.15) is 0 Å². The summed E-state index contributed by atoms with van der Waals surface area (Å²) in [5.41, 5.74) is 12.6. The highest BCUT2D eigenvalue weighted by atomic mass is 16.2. The maximum absolute atomic E-state index is 11.5. The highest BCUT2D eigenvalue weighted by Gasteiger charge is 2.15. The minimum absolute atomic E-state index is 0.141. The number of nitrogens with one attached hydrogen (secondary N) is 1. The minimum Gasteiger partial charge on any atom is -0.370 e. The molecule has 5 N–H and O–H groups in total. The number of rotatable bonds is 5. The third-order valence-corrected chi connectivity index (χ3v) is 2.68. The standard InChI is InChI=1S/C11H18N4O2/c1-7-3-4-8(15(7)2)6-14-11(17)9(12)5-10(13)16/h3-4,9H,5-6,12H2,1-2H3,(H2,13,16)(H,14,17). The van der Waals surface area contributed by atoms with Crippen LogP contribution in [0.15, 0.2) is 12.1 Å². The van der Waals surface area contributed by atoms with Crippen molar-refractivity contribution in [3.05, 3.63) is 23.5 Å². The monoisotopic (exact) mass is 238 g/mol. The van der Waals surface area contributed by atoms with Crippen molar-refractivity contribution in [1.29, 1.82) is 0 Å². The zero-order valence-electron chi connectivity index (χ0n) is 10.1. The molecule has 1 heterocycles. The molecule has 2 amide bonds. The van der Waals surface area contributed by atoms with Gasteiger partial charge >= 0.3 is 0 Å². The number of aryl methyl sites for hydroxylation is 1. The van der Waals surface area contributed by atoms with E-state index >= 15 is 0 Å². The Morgan fingerprint density at radius 3 is 2.59 bits per heavy atom. The van der Waals surface area contributed by atoms with E-state index < -0.39 is 11.9 Å². The summed E-state index contributed by atoms with van der Waals surface area (Å²) in [4.78, 5) is 22.1. The molecular weight excluding hydrogens is 220 g/mol. The molecule has 0 saturated carbocycles. The second kappa shape index (κ2) is 5.49. The van der Waals surface area contributed by atoms with Gasteiger partial charge in [-0.25, -0.2) is 0 Å². The molecular formula is C11H18N4O2. The van der Waals surface area contributed by atoms with E-state index in [4.69, 9.17) is 11.5 Å². The van der Waals surface area contributed by atoms with Crippen LogP contribution in [0.25, 0.3) is 0 Å². The molecule has 1 atom stereocenters. The Kier molecular flexibility index (Phi) is 4.28. The molecule has 1 unspecified atom stereocenters. The third kappa shape index (κ3) is 3.60. The van der Waals surface area contributed by atoms with E-state index in [-0.39, 0.29) is 12.3 Å². The van der Waals surface area contributed by atoms with Crippen LogP contribution in [0.3, 0.4) is 0 Å². The highest BCUT2D eigenvalue weighted by molar-refractivity contribution is 5.87. The van der Waals surface area contributed by atoms with Gasteiger partial charge in [-0.15, -0.1) is 0 Å². The molecule has 0 radical (unpaired) electrons. The smallest absolute Gasteiger partial charge is 0.237 e. The van der Waals surface area contributed by atoms with Crippen molar-refractivity contribution in [3.8, 4) is 0 Å². The quantitative estimate of drug-likeness (QED) is 0.622. The predicted molar refractivity (Wildman–Crippen MR) is 63.8 cm³/mol. The lowest BCUT2D eigenvalue weighted by atomic mass is 10.2. The summed E-state index contributed by atoms with van der Waals surface area (Å²) in [6.45, 7) is 2.36. The lowest BCUT2D eigenvalue weighted by Crippen LogP contribution is -2.42. The van der Waals surface area contributed by atoms with E-state index in [0.29, 0.717) is 6.54 Å². The average Bonchev–Trinajstić information content (AvgIpc) is 2.55. The van der Waals surface area contributed by atoms with E-state index in [9.17, 15) is 9.59 Å². The van der Waals surface area contributed by atoms with Gasteiger partial charge in [0, 0.05) is 18.4 Å². The maximum atomic E-state index is 11.5. The molecule has 0 aromatic carbocycles. The van der Waals surface area contributed by atoms with Gasteiger partial charge in [-0.1, -0.05) is 0 Å². The fraction of sp³-hybridized carbons (Fsp3) is 0.455. The summed E-state index contributed by atoms with van der Waals surface area (Å²) in [6, 6.07) is 3.01. The van der Waals surface area contributed by atoms with Gasteiger partial charge < -0.3 is 21.4 Å². The Morgan fingerprint density at radius 2 is 2.12 bits per heavy atom. The number of hydrogen-bond acceptors (Lipinski definition) is 3. The molecule has 94 valence electrons. The lowest BCUT2D eigenvalue weighted by molar-refractivity contribution is -0.126. The largest absolute Gasteiger partial charge is 0.370 e. The first-order valence-electron chi connectivity index (χ1n) is 5.34. The molecule has 17 heavy (non-hydrogen) atoms. The number of hydrogen-bond donors (Lipinski definition) is 3. The number of primary amides is 1. The highest BCUT2D eigenvalue weighted by Crippen LogP contribution is 2.05. The van der Waals surface area contributed by atoms with E-state index in [0.717, 1.165) is 11.4 Å². The maximum Gasteiger partial charge on any atom is 0.237 e. The summed E-state index contributed by atoms with van der Waals surface area (Å²) in [6.07, 6.45) is -0.141. The van der Waals surface area contributed by atoms with Crippen LogP contribution in [0.1, 0.15) is 17.8 Å². The Morgan fingerprint density at radius 1 is 1.47 bits per heavy atom.